The van der Waals surface area contributed by atoms with E-state index in [1.54, 1.807) is 12.1 Å². The minimum atomic E-state index is -1.29. The van der Waals surface area contributed by atoms with E-state index >= 15 is 0 Å². The van der Waals surface area contributed by atoms with Crippen molar-refractivity contribution in [1.82, 2.24) is 0 Å². The Labute approximate surface area is 178 Å². The highest BCUT2D eigenvalue weighted by molar-refractivity contribution is 6.03. The number of anilines is 1. The van der Waals surface area contributed by atoms with Gasteiger partial charge in [-0.2, -0.15) is 0 Å². The summed E-state index contributed by atoms with van der Waals surface area (Å²) >= 11 is 0. The first-order valence-corrected chi connectivity index (χ1v) is 9.43. The van der Waals surface area contributed by atoms with Crippen LogP contribution >= 0.6 is 0 Å². The van der Waals surface area contributed by atoms with E-state index in [4.69, 9.17) is 5.48 Å². The second-order valence-corrected chi connectivity index (χ2v) is 7.16. The topological polar surface area (TPSA) is 60.8 Å². The summed E-state index contributed by atoms with van der Waals surface area (Å²) in [6.45, 7) is 0. The molecule has 30 heavy (non-hydrogen) atoms. The SMILES string of the molecule is [2H]c1c([2H])c(F)c([2H])c(N2C(=O)[C@H](CC[C@H](O)c3ccc(F)cc3)[C@H]2c2ccc(O)cc2)c1[2H]. The van der Waals surface area contributed by atoms with Crippen LogP contribution in [-0.2, 0) is 4.79 Å². The Balaban J connectivity index is 1.67. The van der Waals surface area contributed by atoms with Crippen molar-refractivity contribution in [1.29, 1.82) is 0 Å². The Morgan fingerprint density at radius 1 is 1.03 bits per heavy atom. The van der Waals surface area contributed by atoms with E-state index in [1.807, 2.05) is 0 Å². The molecule has 3 aromatic carbocycles. The van der Waals surface area contributed by atoms with E-state index in [1.165, 1.54) is 36.4 Å². The molecule has 1 heterocycles. The molecule has 0 bridgehead atoms. The van der Waals surface area contributed by atoms with Gasteiger partial charge in [0.25, 0.3) is 0 Å². The number of carbonyl (C=O) groups is 1. The van der Waals surface area contributed by atoms with Crippen molar-refractivity contribution in [3.8, 4) is 5.75 Å². The first kappa shape index (κ1) is 15.6. The van der Waals surface area contributed by atoms with Gasteiger partial charge in [-0.3, -0.25) is 4.79 Å². The number of phenols is 1. The molecule has 0 radical (unpaired) electrons. The summed E-state index contributed by atoms with van der Waals surface area (Å²) in [5.74, 6) is -2.94. The number of hydrogen-bond acceptors (Lipinski definition) is 3. The van der Waals surface area contributed by atoms with Crippen LogP contribution in [-0.4, -0.2) is 16.1 Å². The van der Waals surface area contributed by atoms with Crippen LogP contribution in [0.1, 0.15) is 41.6 Å². The maximum atomic E-state index is 14.4. The Kier molecular flexibility index (Phi) is 4.28. The lowest BCUT2D eigenvalue weighted by atomic mass is 9.78. The largest absolute Gasteiger partial charge is 0.508 e. The monoisotopic (exact) mass is 413 g/mol. The van der Waals surface area contributed by atoms with Crippen LogP contribution in [0.3, 0.4) is 0 Å². The average molecular weight is 413 g/mol. The summed E-state index contributed by atoms with van der Waals surface area (Å²) in [7, 11) is 0. The molecule has 154 valence electrons. The van der Waals surface area contributed by atoms with Crippen LogP contribution < -0.4 is 4.90 Å². The van der Waals surface area contributed by atoms with Gasteiger partial charge in [-0.05, 0) is 66.4 Å². The van der Waals surface area contributed by atoms with E-state index in [-0.39, 0.29) is 18.6 Å². The Hall–Kier alpha value is -3.25. The quantitative estimate of drug-likeness (QED) is 0.566. The number of nitrogens with zero attached hydrogens (tertiary/aromatic N) is 1. The molecular weight excluding hydrogens is 388 g/mol. The normalized spacial score (nSPS) is 21.3. The third-order valence-corrected chi connectivity index (χ3v) is 5.28. The van der Waals surface area contributed by atoms with Crippen molar-refractivity contribution < 1.29 is 29.3 Å². The number of halogens is 2. The molecule has 3 atom stereocenters. The molecule has 3 aromatic rings. The predicted molar refractivity (Wildman–Crippen MR) is 109 cm³/mol. The standard InChI is InChI=1S/C24H21F2NO3/c25-17-8-4-15(5-9-17)22(29)13-12-21-23(16-6-10-20(28)11-7-16)27(24(21)30)19-3-1-2-18(26)14-19/h1-11,14,21-23,28-29H,12-13H2/t21-,22+,23-/m1/s1/i1D,2D,3D,14D. The lowest BCUT2D eigenvalue weighted by Gasteiger charge is -2.48. The van der Waals surface area contributed by atoms with Crippen LogP contribution in [0.4, 0.5) is 14.5 Å². The van der Waals surface area contributed by atoms with Crippen LogP contribution in [0.15, 0.2) is 72.7 Å². The molecule has 0 aromatic heterocycles. The number of hydrogen-bond donors (Lipinski definition) is 2. The second kappa shape index (κ2) is 8.24. The highest BCUT2D eigenvalue weighted by atomic mass is 19.1. The lowest BCUT2D eigenvalue weighted by Crippen LogP contribution is -2.55. The van der Waals surface area contributed by atoms with Gasteiger partial charge in [0.05, 0.1) is 23.5 Å². The molecule has 4 rings (SSSR count). The fraction of sp³-hybridized carbons (Fsp3) is 0.208. The molecule has 2 N–H and O–H groups in total. The zero-order valence-electron chi connectivity index (χ0n) is 19.8. The van der Waals surface area contributed by atoms with E-state index in [9.17, 15) is 23.8 Å². The van der Waals surface area contributed by atoms with E-state index in [0.29, 0.717) is 11.1 Å². The van der Waals surface area contributed by atoms with Gasteiger partial charge in [0.1, 0.15) is 17.4 Å². The van der Waals surface area contributed by atoms with Crippen LogP contribution in [0.25, 0.3) is 0 Å². The second-order valence-electron chi connectivity index (χ2n) is 7.16. The minimum Gasteiger partial charge on any atom is -0.508 e. The molecule has 1 aliphatic heterocycles. The third-order valence-electron chi connectivity index (χ3n) is 5.28. The van der Waals surface area contributed by atoms with Crippen molar-refractivity contribution in [3.05, 3.63) is 95.5 Å². The highest BCUT2D eigenvalue weighted by Crippen LogP contribution is 2.46. The van der Waals surface area contributed by atoms with Crippen LogP contribution in [0.5, 0.6) is 5.75 Å². The summed E-state index contributed by atoms with van der Waals surface area (Å²) in [5.41, 5.74) is 0.649. The van der Waals surface area contributed by atoms with Crippen LogP contribution in [0, 0.1) is 17.6 Å². The maximum absolute atomic E-state index is 14.4. The first-order valence-electron chi connectivity index (χ1n) is 11.4. The van der Waals surface area contributed by atoms with Gasteiger partial charge >= 0.3 is 0 Å². The third kappa shape index (κ3) is 3.91. The summed E-state index contributed by atoms with van der Waals surface area (Å²) in [6.07, 6.45) is -0.594. The van der Waals surface area contributed by atoms with E-state index in [2.05, 4.69) is 0 Å². The zero-order chi connectivity index (χ0) is 24.7. The van der Waals surface area contributed by atoms with Crippen LogP contribution in [0.2, 0.25) is 0 Å². The summed E-state index contributed by atoms with van der Waals surface area (Å²) in [5, 5.41) is 20.1. The van der Waals surface area contributed by atoms with E-state index < -0.39 is 65.5 Å². The van der Waals surface area contributed by atoms with Gasteiger partial charge in [0, 0.05) is 5.69 Å². The molecule has 0 saturated carbocycles. The first-order chi connectivity index (χ1) is 16.1. The molecule has 1 saturated heterocycles. The van der Waals surface area contributed by atoms with Gasteiger partial charge in [0.2, 0.25) is 5.91 Å². The number of β-lactam (4-membered cyclic amide) rings is 1. The smallest absolute Gasteiger partial charge is 0.233 e. The number of carbonyl (C=O) groups excluding carboxylic acids is 1. The fourth-order valence-electron chi connectivity index (χ4n) is 3.75. The number of aliphatic hydroxyl groups excluding tert-OH is 1. The van der Waals surface area contributed by atoms with Crippen molar-refractivity contribution in [2.45, 2.75) is 25.0 Å². The van der Waals surface area contributed by atoms with Gasteiger partial charge in [-0.15, -0.1) is 0 Å². The number of phenolic OH excluding ortho intramolecular Hbond substituents is 1. The highest BCUT2D eigenvalue weighted by Gasteiger charge is 2.48. The van der Waals surface area contributed by atoms with Crippen molar-refractivity contribution >= 4 is 11.6 Å². The number of benzene rings is 3. The molecule has 0 unspecified atom stereocenters. The Morgan fingerprint density at radius 3 is 2.43 bits per heavy atom. The van der Waals surface area contributed by atoms with Gasteiger partial charge < -0.3 is 15.1 Å². The van der Waals surface area contributed by atoms with Crippen molar-refractivity contribution in [3.63, 3.8) is 0 Å². The number of aliphatic hydroxyl groups is 1. The van der Waals surface area contributed by atoms with Crippen molar-refractivity contribution in [2.75, 3.05) is 4.90 Å². The molecule has 4 nitrogen and oxygen atoms in total. The molecule has 6 heteroatoms. The molecule has 0 aliphatic carbocycles. The lowest BCUT2D eigenvalue weighted by molar-refractivity contribution is -0.131. The molecular formula is C24H21F2NO3. The minimum absolute atomic E-state index is 0.00959. The summed E-state index contributed by atoms with van der Waals surface area (Å²) in [6, 6.07) is 7.54. The van der Waals surface area contributed by atoms with E-state index in [0.717, 1.165) is 4.90 Å². The zero-order valence-corrected chi connectivity index (χ0v) is 15.8. The molecule has 1 aliphatic rings. The number of rotatable bonds is 6. The molecule has 1 amide bonds. The molecule has 0 spiro atoms. The van der Waals surface area contributed by atoms with Crippen molar-refractivity contribution in [2.24, 2.45) is 5.92 Å². The number of aromatic hydroxyl groups is 1. The Morgan fingerprint density at radius 2 is 1.73 bits per heavy atom. The summed E-state index contributed by atoms with van der Waals surface area (Å²) in [4.78, 5) is 14.2. The van der Waals surface area contributed by atoms with Gasteiger partial charge in [0.15, 0.2) is 0 Å². The Bertz CT molecular complexity index is 1210. The number of amides is 1. The average Bonchev–Trinajstić information content (AvgIpc) is 2.83. The van der Waals surface area contributed by atoms with Gasteiger partial charge in [-0.1, -0.05) is 30.3 Å². The van der Waals surface area contributed by atoms with Gasteiger partial charge in [-0.25, -0.2) is 8.78 Å². The summed E-state index contributed by atoms with van der Waals surface area (Å²) < 4.78 is 59.3. The maximum Gasteiger partial charge on any atom is 0.233 e. The predicted octanol–water partition coefficient (Wildman–Crippen LogP) is 4.89. The molecule has 1 fully saturated rings. The fourth-order valence-corrected chi connectivity index (χ4v) is 3.75.